The highest BCUT2D eigenvalue weighted by Gasteiger charge is 2.34. The van der Waals surface area contributed by atoms with E-state index in [0.717, 1.165) is 11.6 Å². The van der Waals surface area contributed by atoms with E-state index in [1.165, 1.54) is 11.0 Å². The molecule has 29 heavy (non-hydrogen) atoms. The number of hydrogen-bond acceptors (Lipinski definition) is 5. The third-order valence-electron chi connectivity index (χ3n) is 4.80. The fourth-order valence-electron chi connectivity index (χ4n) is 3.13. The SMILES string of the molecule is COc1ccc(COC2CN(C(=O)c3cc4c(cc3F)OCC(=O)N4)C2)c(Cl)c1. The summed E-state index contributed by atoms with van der Waals surface area (Å²) in [5.41, 5.74) is 0.980. The molecule has 2 aromatic rings. The molecule has 2 aromatic carbocycles. The number of hydrogen-bond donors (Lipinski definition) is 1. The van der Waals surface area contributed by atoms with Gasteiger partial charge in [0.1, 0.15) is 17.3 Å². The van der Waals surface area contributed by atoms with E-state index in [9.17, 15) is 14.0 Å². The number of methoxy groups -OCH3 is 1. The Hall–Kier alpha value is -2.84. The second-order valence-electron chi connectivity index (χ2n) is 6.77. The quantitative estimate of drug-likeness (QED) is 0.804. The summed E-state index contributed by atoms with van der Waals surface area (Å²) in [6.45, 7) is 0.799. The van der Waals surface area contributed by atoms with E-state index in [1.807, 2.05) is 6.07 Å². The molecule has 2 aliphatic rings. The Morgan fingerprint density at radius 3 is 2.86 bits per heavy atom. The molecule has 7 nitrogen and oxygen atoms in total. The van der Waals surface area contributed by atoms with E-state index >= 15 is 0 Å². The number of nitrogens with zero attached hydrogens (tertiary/aromatic N) is 1. The summed E-state index contributed by atoms with van der Waals surface area (Å²) < 4.78 is 30.4. The first kappa shape index (κ1) is 19.5. The lowest BCUT2D eigenvalue weighted by Gasteiger charge is -2.39. The van der Waals surface area contributed by atoms with Crippen LogP contribution in [0.5, 0.6) is 11.5 Å². The molecule has 9 heteroatoms. The second kappa shape index (κ2) is 7.88. The molecule has 0 unspecified atom stereocenters. The molecule has 1 N–H and O–H groups in total. The molecule has 1 fully saturated rings. The van der Waals surface area contributed by atoms with Gasteiger partial charge in [-0.2, -0.15) is 0 Å². The highest BCUT2D eigenvalue weighted by atomic mass is 35.5. The topological polar surface area (TPSA) is 77.1 Å². The highest BCUT2D eigenvalue weighted by molar-refractivity contribution is 6.31. The Balaban J connectivity index is 1.35. The van der Waals surface area contributed by atoms with Crippen LogP contribution in [-0.4, -0.2) is 49.6 Å². The summed E-state index contributed by atoms with van der Waals surface area (Å²) in [4.78, 5) is 25.5. The van der Waals surface area contributed by atoms with Crippen molar-refractivity contribution in [1.82, 2.24) is 4.90 Å². The third-order valence-corrected chi connectivity index (χ3v) is 5.15. The van der Waals surface area contributed by atoms with Gasteiger partial charge in [-0.3, -0.25) is 9.59 Å². The fourth-order valence-corrected chi connectivity index (χ4v) is 3.35. The third kappa shape index (κ3) is 3.99. The summed E-state index contributed by atoms with van der Waals surface area (Å²) in [7, 11) is 1.56. The standard InChI is InChI=1S/C20H18ClFN2O5/c1-27-12-3-2-11(15(21)4-12)9-28-13-7-24(8-13)20(26)14-5-17-18(6-16(14)22)29-10-19(25)23-17/h2-6,13H,7-10H2,1H3,(H,23,25). The van der Waals surface area contributed by atoms with Gasteiger partial charge in [-0.15, -0.1) is 0 Å². The molecule has 0 saturated carbocycles. The van der Waals surface area contributed by atoms with E-state index in [4.69, 9.17) is 25.8 Å². The predicted octanol–water partition coefficient (Wildman–Crippen LogP) is 2.86. The summed E-state index contributed by atoms with van der Waals surface area (Å²) in [6.07, 6.45) is -0.166. The van der Waals surface area contributed by atoms with E-state index in [2.05, 4.69) is 5.32 Å². The number of nitrogens with one attached hydrogen (secondary N) is 1. The van der Waals surface area contributed by atoms with Crippen molar-refractivity contribution < 1.29 is 28.2 Å². The van der Waals surface area contributed by atoms with Crippen molar-refractivity contribution in [2.24, 2.45) is 0 Å². The summed E-state index contributed by atoms with van der Waals surface area (Å²) >= 11 is 6.19. The number of rotatable bonds is 5. The number of ether oxygens (including phenoxy) is 3. The van der Waals surface area contributed by atoms with Gasteiger partial charge in [-0.1, -0.05) is 17.7 Å². The van der Waals surface area contributed by atoms with Crippen molar-refractivity contribution in [2.45, 2.75) is 12.7 Å². The molecule has 0 atom stereocenters. The lowest BCUT2D eigenvalue weighted by Crippen LogP contribution is -2.54. The van der Waals surface area contributed by atoms with Crippen LogP contribution in [0.15, 0.2) is 30.3 Å². The lowest BCUT2D eigenvalue weighted by molar-refractivity contribution is -0.118. The zero-order valence-corrected chi connectivity index (χ0v) is 16.3. The molecule has 2 amide bonds. The molecule has 0 bridgehead atoms. The number of fused-ring (bicyclic) bond motifs is 1. The first-order valence-electron chi connectivity index (χ1n) is 8.94. The number of amides is 2. The summed E-state index contributed by atoms with van der Waals surface area (Å²) in [5, 5.41) is 3.11. The molecule has 2 heterocycles. The van der Waals surface area contributed by atoms with Gasteiger partial charge in [0.25, 0.3) is 11.8 Å². The maximum Gasteiger partial charge on any atom is 0.262 e. The minimum atomic E-state index is -0.695. The minimum absolute atomic E-state index is 0.119. The van der Waals surface area contributed by atoms with Crippen LogP contribution in [0.3, 0.4) is 0 Å². The normalized spacial score (nSPS) is 15.8. The number of anilines is 1. The van der Waals surface area contributed by atoms with Gasteiger partial charge in [0.05, 0.1) is 31.1 Å². The second-order valence-corrected chi connectivity index (χ2v) is 7.17. The van der Waals surface area contributed by atoms with Gasteiger partial charge in [0.15, 0.2) is 6.61 Å². The minimum Gasteiger partial charge on any atom is -0.497 e. The van der Waals surface area contributed by atoms with Crippen molar-refractivity contribution in [2.75, 3.05) is 32.1 Å². The lowest BCUT2D eigenvalue weighted by atomic mass is 10.1. The molecule has 0 aliphatic carbocycles. The average Bonchev–Trinajstić information content (AvgIpc) is 2.67. The van der Waals surface area contributed by atoms with Crippen LogP contribution >= 0.6 is 11.6 Å². The molecule has 2 aliphatic heterocycles. The van der Waals surface area contributed by atoms with Crippen LogP contribution in [0.2, 0.25) is 5.02 Å². The Morgan fingerprint density at radius 1 is 1.34 bits per heavy atom. The van der Waals surface area contributed by atoms with Crippen molar-refractivity contribution >= 4 is 29.1 Å². The van der Waals surface area contributed by atoms with Gasteiger partial charge < -0.3 is 24.4 Å². The number of benzene rings is 2. The summed E-state index contributed by atoms with van der Waals surface area (Å²) in [5.74, 6) is -0.642. The van der Waals surface area contributed by atoms with Crippen molar-refractivity contribution in [3.05, 3.63) is 52.3 Å². The van der Waals surface area contributed by atoms with E-state index in [0.29, 0.717) is 30.5 Å². The van der Waals surface area contributed by atoms with Crippen molar-refractivity contribution in [3.8, 4) is 11.5 Å². The first-order valence-corrected chi connectivity index (χ1v) is 9.32. The molecule has 0 spiro atoms. The zero-order chi connectivity index (χ0) is 20.5. The smallest absolute Gasteiger partial charge is 0.262 e. The first-order chi connectivity index (χ1) is 13.9. The van der Waals surface area contributed by atoms with Gasteiger partial charge in [0.2, 0.25) is 0 Å². The molecule has 4 rings (SSSR count). The van der Waals surface area contributed by atoms with Crippen molar-refractivity contribution in [3.63, 3.8) is 0 Å². The van der Waals surface area contributed by atoms with Gasteiger partial charge in [-0.05, 0) is 23.8 Å². The van der Waals surface area contributed by atoms with Crippen LogP contribution in [-0.2, 0) is 16.1 Å². The Morgan fingerprint density at radius 2 is 2.14 bits per heavy atom. The number of carbonyl (C=O) groups is 2. The van der Waals surface area contributed by atoms with Gasteiger partial charge >= 0.3 is 0 Å². The zero-order valence-electron chi connectivity index (χ0n) is 15.5. The molecule has 0 aromatic heterocycles. The number of carbonyl (C=O) groups excluding carboxylic acids is 2. The number of likely N-dealkylation sites (tertiary alicyclic amines) is 1. The average molecular weight is 421 g/mol. The molecule has 1 saturated heterocycles. The van der Waals surface area contributed by atoms with E-state index in [-0.39, 0.29) is 35.6 Å². The fraction of sp³-hybridized carbons (Fsp3) is 0.300. The predicted molar refractivity (Wildman–Crippen MR) is 103 cm³/mol. The molecule has 152 valence electrons. The van der Waals surface area contributed by atoms with Gasteiger partial charge in [-0.25, -0.2) is 4.39 Å². The maximum absolute atomic E-state index is 14.3. The van der Waals surface area contributed by atoms with Crippen LogP contribution in [0.25, 0.3) is 0 Å². The Bertz CT molecular complexity index is 978. The van der Waals surface area contributed by atoms with Crippen LogP contribution in [0, 0.1) is 5.82 Å². The largest absolute Gasteiger partial charge is 0.497 e. The van der Waals surface area contributed by atoms with Crippen molar-refractivity contribution in [1.29, 1.82) is 0 Å². The maximum atomic E-state index is 14.3. The summed E-state index contributed by atoms with van der Waals surface area (Å²) in [6, 6.07) is 7.74. The molecule has 0 radical (unpaired) electrons. The molecular weight excluding hydrogens is 403 g/mol. The van der Waals surface area contributed by atoms with Crippen LogP contribution in [0.4, 0.5) is 10.1 Å². The highest BCUT2D eigenvalue weighted by Crippen LogP contribution is 2.32. The monoisotopic (exact) mass is 420 g/mol. The Kier molecular flexibility index (Phi) is 5.29. The van der Waals surface area contributed by atoms with Gasteiger partial charge in [0, 0.05) is 24.2 Å². The Labute approximate surface area is 171 Å². The van der Waals surface area contributed by atoms with Crippen LogP contribution < -0.4 is 14.8 Å². The molecular formula is C20H18ClFN2O5. The van der Waals surface area contributed by atoms with Crippen LogP contribution in [0.1, 0.15) is 15.9 Å². The van der Waals surface area contributed by atoms with E-state index < -0.39 is 11.7 Å². The van der Waals surface area contributed by atoms with E-state index in [1.54, 1.807) is 19.2 Å². The number of halogens is 2.